The van der Waals surface area contributed by atoms with Gasteiger partial charge >= 0.3 is 12.2 Å². The molecular weight excluding hydrogens is 463 g/mol. The first-order valence-corrected chi connectivity index (χ1v) is 11.3. The highest BCUT2D eigenvalue weighted by Gasteiger charge is 2.30. The second kappa shape index (κ2) is 11.5. The SMILES string of the molecule is C=CCN(CC(=O)N(Cc1ccccc1)Cc1cccs1)C(=O)Nc1cccc(C(F)(F)F)c1. The molecule has 0 spiro atoms. The maximum Gasteiger partial charge on any atom is 0.416 e. The minimum atomic E-state index is -4.53. The molecule has 0 radical (unpaired) electrons. The van der Waals surface area contributed by atoms with Crippen LogP contribution < -0.4 is 5.32 Å². The van der Waals surface area contributed by atoms with E-state index < -0.39 is 17.8 Å². The molecule has 0 unspecified atom stereocenters. The Kier molecular flexibility index (Phi) is 8.48. The molecule has 0 saturated carbocycles. The Morgan fingerprint density at radius 3 is 2.38 bits per heavy atom. The molecule has 5 nitrogen and oxygen atoms in total. The molecule has 0 aliphatic rings. The van der Waals surface area contributed by atoms with Crippen molar-refractivity contribution < 1.29 is 22.8 Å². The number of amides is 3. The van der Waals surface area contributed by atoms with E-state index in [1.54, 1.807) is 4.90 Å². The summed E-state index contributed by atoms with van der Waals surface area (Å²) in [6, 6.07) is 17.0. The number of anilines is 1. The molecule has 0 aliphatic carbocycles. The minimum Gasteiger partial charge on any atom is -0.332 e. The highest BCUT2D eigenvalue weighted by molar-refractivity contribution is 7.09. The second-order valence-corrected chi connectivity index (χ2v) is 8.52. The molecule has 0 saturated heterocycles. The summed E-state index contributed by atoms with van der Waals surface area (Å²) in [6.45, 7) is 4.15. The topological polar surface area (TPSA) is 52.7 Å². The highest BCUT2D eigenvalue weighted by atomic mass is 32.1. The molecule has 2 aromatic carbocycles. The number of nitrogens with one attached hydrogen (secondary N) is 1. The van der Waals surface area contributed by atoms with E-state index in [0.717, 1.165) is 22.6 Å². The zero-order valence-corrected chi connectivity index (χ0v) is 19.1. The summed E-state index contributed by atoms with van der Waals surface area (Å²) in [5.41, 5.74) is 0.0544. The first kappa shape index (κ1) is 25.0. The van der Waals surface area contributed by atoms with E-state index >= 15 is 0 Å². The van der Waals surface area contributed by atoms with E-state index in [2.05, 4.69) is 11.9 Å². The molecule has 3 amide bonds. The number of hydrogen-bond donors (Lipinski definition) is 1. The first-order chi connectivity index (χ1) is 16.3. The molecular formula is C25H24F3N3O2S. The normalized spacial score (nSPS) is 11.0. The van der Waals surface area contributed by atoms with Gasteiger partial charge in [0.25, 0.3) is 0 Å². The van der Waals surface area contributed by atoms with E-state index in [1.165, 1.54) is 34.4 Å². The Balaban J connectivity index is 1.74. The van der Waals surface area contributed by atoms with Crippen LogP contribution in [-0.2, 0) is 24.1 Å². The van der Waals surface area contributed by atoms with E-state index in [1.807, 2.05) is 47.8 Å². The Morgan fingerprint density at radius 1 is 0.971 bits per heavy atom. The molecule has 0 fully saturated rings. The van der Waals surface area contributed by atoms with Gasteiger partial charge in [-0.25, -0.2) is 4.79 Å². The van der Waals surface area contributed by atoms with Gasteiger partial charge in [-0.15, -0.1) is 17.9 Å². The van der Waals surface area contributed by atoms with Crippen molar-refractivity contribution in [2.24, 2.45) is 0 Å². The van der Waals surface area contributed by atoms with Gasteiger partial charge in [-0.05, 0) is 35.2 Å². The Morgan fingerprint density at radius 2 is 1.74 bits per heavy atom. The largest absolute Gasteiger partial charge is 0.416 e. The summed E-state index contributed by atoms with van der Waals surface area (Å²) in [5.74, 6) is -0.293. The van der Waals surface area contributed by atoms with Crippen molar-refractivity contribution >= 4 is 29.0 Å². The Labute approximate surface area is 200 Å². The lowest BCUT2D eigenvalue weighted by molar-refractivity contribution is -0.137. The number of nitrogens with zero attached hydrogens (tertiary/aromatic N) is 2. The third-order valence-electron chi connectivity index (χ3n) is 4.90. The molecule has 9 heteroatoms. The van der Waals surface area contributed by atoms with Crippen molar-refractivity contribution in [2.45, 2.75) is 19.3 Å². The fourth-order valence-corrected chi connectivity index (χ4v) is 3.96. The monoisotopic (exact) mass is 487 g/mol. The second-order valence-electron chi connectivity index (χ2n) is 7.49. The average molecular weight is 488 g/mol. The summed E-state index contributed by atoms with van der Waals surface area (Å²) >= 11 is 1.52. The maximum atomic E-state index is 13.2. The van der Waals surface area contributed by atoms with Crippen molar-refractivity contribution in [3.8, 4) is 0 Å². The van der Waals surface area contributed by atoms with Crippen LogP contribution in [0.2, 0.25) is 0 Å². The Bertz CT molecular complexity index is 1100. The predicted molar refractivity (Wildman–Crippen MR) is 127 cm³/mol. The predicted octanol–water partition coefficient (Wildman–Crippen LogP) is 6.02. The number of alkyl halides is 3. The zero-order valence-electron chi connectivity index (χ0n) is 18.3. The summed E-state index contributed by atoms with van der Waals surface area (Å²) < 4.78 is 39.0. The van der Waals surface area contributed by atoms with Crippen LogP contribution in [-0.4, -0.2) is 34.8 Å². The molecule has 178 valence electrons. The van der Waals surface area contributed by atoms with Gasteiger partial charge in [-0.3, -0.25) is 4.79 Å². The minimum absolute atomic E-state index is 0.0129. The van der Waals surface area contributed by atoms with Crippen LogP contribution in [0.5, 0.6) is 0 Å². The van der Waals surface area contributed by atoms with E-state index in [4.69, 9.17) is 0 Å². The lowest BCUT2D eigenvalue weighted by Gasteiger charge is -2.27. The third kappa shape index (κ3) is 7.21. The molecule has 3 rings (SSSR count). The van der Waals surface area contributed by atoms with Crippen LogP contribution in [0.15, 0.2) is 84.8 Å². The number of benzene rings is 2. The van der Waals surface area contributed by atoms with Crippen molar-refractivity contribution in [3.05, 3.63) is 101 Å². The molecule has 34 heavy (non-hydrogen) atoms. The fourth-order valence-electron chi connectivity index (χ4n) is 3.24. The van der Waals surface area contributed by atoms with Gasteiger partial charge < -0.3 is 15.1 Å². The van der Waals surface area contributed by atoms with Crippen LogP contribution in [0.1, 0.15) is 16.0 Å². The number of rotatable bonds is 9. The van der Waals surface area contributed by atoms with Crippen LogP contribution in [0.4, 0.5) is 23.7 Å². The van der Waals surface area contributed by atoms with Crippen LogP contribution in [0.25, 0.3) is 0 Å². The number of thiophene rings is 1. The molecule has 0 aliphatic heterocycles. The fraction of sp³-hybridized carbons (Fsp3) is 0.200. The van der Waals surface area contributed by atoms with Gasteiger partial charge in [0.05, 0.1) is 12.1 Å². The number of halogens is 3. The maximum absolute atomic E-state index is 13.2. The molecule has 0 atom stereocenters. The lowest BCUT2D eigenvalue weighted by atomic mass is 10.2. The van der Waals surface area contributed by atoms with Crippen LogP contribution in [0, 0.1) is 0 Å². The van der Waals surface area contributed by atoms with Crippen LogP contribution in [0.3, 0.4) is 0 Å². The zero-order chi connectivity index (χ0) is 24.6. The van der Waals surface area contributed by atoms with E-state index in [0.29, 0.717) is 13.1 Å². The van der Waals surface area contributed by atoms with Gasteiger partial charge in [-0.2, -0.15) is 13.2 Å². The smallest absolute Gasteiger partial charge is 0.332 e. The standard InChI is InChI=1S/C25H24F3N3O2S/c1-2-13-30(24(33)29-21-11-6-10-20(15-21)25(26,27)28)18-23(32)31(17-22-12-7-14-34-22)16-19-8-4-3-5-9-19/h2-12,14-15H,1,13,16-18H2,(H,29,33). The van der Waals surface area contributed by atoms with Crippen LogP contribution >= 0.6 is 11.3 Å². The first-order valence-electron chi connectivity index (χ1n) is 10.4. The number of carbonyl (C=O) groups is 2. The van der Waals surface area contributed by atoms with Crippen molar-refractivity contribution in [1.82, 2.24) is 9.80 Å². The summed E-state index contributed by atoms with van der Waals surface area (Å²) in [7, 11) is 0. The van der Waals surface area contributed by atoms with Gasteiger partial charge in [-0.1, -0.05) is 48.5 Å². The van der Waals surface area contributed by atoms with Gasteiger partial charge in [0.1, 0.15) is 6.54 Å². The van der Waals surface area contributed by atoms with Gasteiger partial charge in [0, 0.05) is 23.7 Å². The highest BCUT2D eigenvalue weighted by Crippen LogP contribution is 2.30. The third-order valence-corrected chi connectivity index (χ3v) is 5.76. The van der Waals surface area contributed by atoms with Crippen molar-refractivity contribution in [3.63, 3.8) is 0 Å². The van der Waals surface area contributed by atoms with E-state index in [9.17, 15) is 22.8 Å². The summed E-state index contributed by atoms with van der Waals surface area (Å²) in [6.07, 6.45) is -3.07. The van der Waals surface area contributed by atoms with E-state index in [-0.39, 0.29) is 24.7 Å². The Hall–Kier alpha value is -3.59. The number of hydrogen-bond acceptors (Lipinski definition) is 3. The molecule has 0 bridgehead atoms. The number of urea groups is 1. The quantitative estimate of drug-likeness (QED) is 0.376. The summed E-state index contributed by atoms with van der Waals surface area (Å²) in [4.78, 5) is 29.9. The van der Waals surface area contributed by atoms with Gasteiger partial charge in [0.2, 0.25) is 5.91 Å². The van der Waals surface area contributed by atoms with Gasteiger partial charge in [0.15, 0.2) is 0 Å². The molecule has 1 N–H and O–H groups in total. The molecule has 3 aromatic rings. The lowest BCUT2D eigenvalue weighted by Crippen LogP contribution is -2.44. The number of carbonyl (C=O) groups excluding carboxylic acids is 2. The average Bonchev–Trinajstić information content (AvgIpc) is 3.32. The van der Waals surface area contributed by atoms with Crippen molar-refractivity contribution in [2.75, 3.05) is 18.4 Å². The molecule has 1 heterocycles. The summed E-state index contributed by atoms with van der Waals surface area (Å²) in [5, 5.41) is 4.37. The van der Waals surface area contributed by atoms with Crippen molar-refractivity contribution in [1.29, 1.82) is 0 Å². The molecule has 1 aromatic heterocycles.